The van der Waals surface area contributed by atoms with Crippen LogP contribution in [0.4, 0.5) is 5.69 Å². The Hall–Kier alpha value is -2.27. The molecular formula is C16H15N3OS. The number of para-hydroxylation sites is 1. The Kier molecular flexibility index (Phi) is 3.92. The van der Waals surface area contributed by atoms with E-state index in [1.165, 1.54) is 11.3 Å². The molecule has 2 aromatic heterocycles. The van der Waals surface area contributed by atoms with Gasteiger partial charge in [-0.25, -0.2) is 9.98 Å². The first-order chi connectivity index (χ1) is 10.3. The van der Waals surface area contributed by atoms with E-state index in [4.69, 9.17) is 0 Å². The van der Waals surface area contributed by atoms with Crippen LogP contribution in [0, 0.1) is 0 Å². The average Bonchev–Trinajstić information content (AvgIpc) is 2.52. The Morgan fingerprint density at radius 1 is 1.19 bits per heavy atom. The van der Waals surface area contributed by atoms with Gasteiger partial charge in [0.05, 0.1) is 11.1 Å². The Morgan fingerprint density at radius 2 is 2.00 bits per heavy atom. The number of benzene rings is 1. The third-order valence-corrected chi connectivity index (χ3v) is 4.11. The minimum Gasteiger partial charge on any atom is -0.284 e. The largest absolute Gasteiger partial charge is 0.284 e. The van der Waals surface area contributed by atoms with Gasteiger partial charge in [0.25, 0.3) is 5.56 Å². The number of nitrogens with zero attached hydrogens (tertiary/aromatic N) is 3. The molecule has 3 rings (SSSR count). The highest BCUT2D eigenvalue weighted by Crippen LogP contribution is 2.11. The second kappa shape index (κ2) is 6.01. The highest BCUT2D eigenvalue weighted by Gasteiger charge is 2.06. The molecule has 5 heteroatoms. The lowest BCUT2D eigenvalue weighted by molar-refractivity contribution is 0.640. The molecule has 2 heterocycles. The average molecular weight is 297 g/mol. The summed E-state index contributed by atoms with van der Waals surface area (Å²) < 4.78 is 1.74. The van der Waals surface area contributed by atoms with Crippen molar-refractivity contribution in [2.45, 2.75) is 19.9 Å². The van der Waals surface area contributed by atoms with Gasteiger partial charge in [-0.2, -0.15) is 0 Å². The zero-order valence-corrected chi connectivity index (χ0v) is 12.5. The third-order valence-electron chi connectivity index (χ3n) is 3.09. The Morgan fingerprint density at radius 3 is 2.76 bits per heavy atom. The molecule has 0 aliphatic rings. The van der Waals surface area contributed by atoms with Gasteiger partial charge in [0.15, 0.2) is 4.80 Å². The molecule has 0 aliphatic carbocycles. The summed E-state index contributed by atoms with van der Waals surface area (Å²) in [6, 6.07) is 13.3. The van der Waals surface area contributed by atoms with Crippen LogP contribution in [-0.4, -0.2) is 9.55 Å². The molecule has 0 aliphatic heterocycles. The quantitative estimate of drug-likeness (QED) is 0.746. The van der Waals surface area contributed by atoms with Crippen molar-refractivity contribution in [3.8, 4) is 0 Å². The van der Waals surface area contributed by atoms with Crippen LogP contribution in [0.3, 0.4) is 0 Å². The maximum Gasteiger partial charge on any atom is 0.263 e. The predicted octanol–water partition coefficient (Wildman–Crippen LogP) is 3.10. The van der Waals surface area contributed by atoms with Crippen LogP contribution in [0.15, 0.2) is 58.4 Å². The van der Waals surface area contributed by atoms with Crippen molar-refractivity contribution in [1.29, 1.82) is 0 Å². The van der Waals surface area contributed by atoms with Crippen molar-refractivity contribution >= 4 is 27.2 Å². The molecule has 0 radical (unpaired) electrons. The molecule has 0 amide bonds. The van der Waals surface area contributed by atoms with Crippen LogP contribution in [0.5, 0.6) is 0 Å². The first-order valence-electron chi connectivity index (χ1n) is 6.88. The fourth-order valence-corrected chi connectivity index (χ4v) is 3.11. The topological polar surface area (TPSA) is 47.2 Å². The molecule has 0 bridgehead atoms. The van der Waals surface area contributed by atoms with E-state index in [1.807, 2.05) is 36.4 Å². The summed E-state index contributed by atoms with van der Waals surface area (Å²) >= 11 is 1.45. The molecule has 1 aromatic carbocycles. The highest BCUT2D eigenvalue weighted by atomic mass is 32.1. The van der Waals surface area contributed by atoms with E-state index in [2.05, 4.69) is 16.9 Å². The number of pyridine rings is 1. The molecule has 0 N–H and O–H groups in total. The fourth-order valence-electron chi connectivity index (χ4n) is 2.13. The molecule has 0 saturated heterocycles. The van der Waals surface area contributed by atoms with Gasteiger partial charge in [0.1, 0.15) is 4.83 Å². The Labute approximate surface area is 126 Å². The van der Waals surface area contributed by atoms with Crippen molar-refractivity contribution in [1.82, 2.24) is 9.55 Å². The third kappa shape index (κ3) is 2.78. The van der Waals surface area contributed by atoms with Gasteiger partial charge in [-0.05, 0) is 30.7 Å². The summed E-state index contributed by atoms with van der Waals surface area (Å²) in [6.07, 6.45) is 2.59. The number of aromatic nitrogens is 2. The zero-order valence-electron chi connectivity index (χ0n) is 11.7. The van der Waals surface area contributed by atoms with E-state index in [9.17, 15) is 4.79 Å². The first-order valence-corrected chi connectivity index (χ1v) is 7.69. The van der Waals surface area contributed by atoms with Gasteiger partial charge in [-0.3, -0.25) is 9.36 Å². The van der Waals surface area contributed by atoms with Crippen molar-refractivity contribution in [2.24, 2.45) is 4.99 Å². The minimum atomic E-state index is -0.0200. The van der Waals surface area contributed by atoms with Crippen LogP contribution in [0.1, 0.15) is 13.3 Å². The van der Waals surface area contributed by atoms with E-state index in [1.54, 1.807) is 16.8 Å². The summed E-state index contributed by atoms with van der Waals surface area (Å²) in [6.45, 7) is 2.71. The first kappa shape index (κ1) is 13.7. The zero-order chi connectivity index (χ0) is 14.7. The normalized spacial score (nSPS) is 12.0. The highest BCUT2D eigenvalue weighted by molar-refractivity contribution is 7.15. The molecule has 0 fully saturated rings. The van der Waals surface area contributed by atoms with Gasteiger partial charge >= 0.3 is 0 Å². The fraction of sp³-hybridized carbons (Fsp3) is 0.188. The van der Waals surface area contributed by atoms with Gasteiger partial charge in [0, 0.05) is 12.7 Å². The van der Waals surface area contributed by atoms with E-state index < -0.39 is 0 Å². The molecule has 106 valence electrons. The summed E-state index contributed by atoms with van der Waals surface area (Å²) in [4.78, 5) is 22.9. The standard InChI is InChI=1S/C16H15N3OS/c1-2-11-19-15(20)13-9-6-10-17-14(13)21-16(19)18-12-7-4-3-5-8-12/h3-10H,2,11H2,1H3. The van der Waals surface area contributed by atoms with E-state index in [-0.39, 0.29) is 5.56 Å². The minimum absolute atomic E-state index is 0.0200. The summed E-state index contributed by atoms with van der Waals surface area (Å²) in [5, 5.41) is 0.656. The van der Waals surface area contributed by atoms with E-state index in [0.717, 1.165) is 16.9 Å². The van der Waals surface area contributed by atoms with Crippen LogP contribution in [-0.2, 0) is 6.54 Å². The Bertz CT molecular complexity index is 881. The molecule has 0 spiro atoms. The van der Waals surface area contributed by atoms with Crippen LogP contribution in [0.2, 0.25) is 0 Å². The summed E-state index contributed by atoms with van der Waals surface area (Å²) in [5.74, 6) is 0. The van der Waals surface area contributed by atoms with Crippen LogP contribution < -0.4 is 10.4 Å². The lowest BCUT2D eigenvalue weighted by Gasteiger charge is -2.06. The van der Waals surface area contributed by atoms with Crippen molar-refractivity contribution in [3.05, 3.63) is 63.8 Å². The van der Waals surface area contributed by atoms with Crippen LogP contribution >= 0.6 is 11.3 Å². The molecule has 21 heavy (non-hydrogen) atoms. The molecular weight excluding hydrogens is 282 g/mol. The van der Waals surface area contributed by atoms with Gasteiger partial charge in [-0.1, -0.05) is 36.5 Å². The smallest absolute Gasteiger partial charge is 0.263 e. The Balaban J connectivity index is 2.33. The summed E-state index contributed by atoms with van der Waals surface area (Å²) in [7, 11) is 0. The SMILES string of the molecule is CCCn1c(=Nc2ccccc2)sc2ncccc2c1=O. The van der Waals surface area contributed by atoms with Crippen molar-refractivity contribution in [2.75, 3.05) is 0 Å². The number of hydrogen-bond acceptors (Lipinski definition) is 4. The van der Waals surface area contributed by atoms with Crippen LogP contribution in [0.25, 0.3) is 10.2 Å². The monoisotopic (exact) mass is 297 g/mol. The number of fused-ring (bicyclic) bond motifs is 1. The molecule has 4 nitrogen and oxygen atoms in total. The molecule has 0 saturated carbocycles. The molecule has 0 atom stereocenters. The summed E-state index contributed by atoms with van der Waals surface area (Å²) in [5.41, 5.74) is 0.821. The second-order valence-corrected chi connectivity index (χ2v) is 5.60. The van der Waals surface area contributed by atoms with Gasteiger partial charge in [-0.15, -0.1) is 0 Å². The lowest BCUT2D eigenvalue weighted by atomic mass is 10.3. The molecule has 0 unspecified atom stereocenters. The number of hydrogen-bond donors (Lipinski definition) is 0. The predicted molar refractivity (Wildman–Crippen MR) is 85.8 cm³/mol. The number of rotatable bonds is 3. The van der Waals surface area contributed by atoms with Crippen molar-refractivity contribution in [3.63, 3.8) is 0 Å². The van der Waals surface area contributed by atoms with Crippen molar-refractivity contribution < 1.29 is 0 Å². The van der Waals surface area contributed by atoms with E-state index in [0.29, 0.717) is 16.7 Å². The molecule has 3 aromatic rings. The van der Waals surface area contributed by atoms with Gasteiger partial charge < -0.3 is 0 Å². The lowest BCUT2D eigenvalue weighted by Crippen LogP contribution is -2.31. The van der Waals surface area contributed by atoms with E-state index >= 15 is 0 Å². The maximum atomic E-state index is 12.6. The second-order valence-electron chi connectivity index (χ2n) is 4.64. The maximum absolute atomic E-state index is 12.6. The van der Waals surface area contributed by atoms with Gasteiger partial charge in [0.2, 0.25) is 0 Å².